The highest BCUT2D eigenvalue weighted by molar-refractivity contribution is 5.93. The molecule has 2 aromatic rings. The van der Waals surface area contributed by atoms with Crippen molar-refractivity contribution >= 4 is 36.4 Å². The molecule has 0 unspecified atom stereocenters. The molecule has 1 amide bonds. The number of morpholine rings is 1. The van der Waals surface area contributed by atoms with Crippen LogP contribution in [0.5, 0.6) is 0 Å². The molecule has 26 heavy (non-hydrogen) atoms. The largest absolute Gasteiger partial charge is 0.467 e. The fraction of sp³-hybridized carbons (Fsp3) is 0.389. The SMILES string of the molecule is CN(Cc1ccccc1N1CCOCC1)C(=O)c1coc(CN)c1.Cl.Cl. The Labute approximate surface area is 166 Å². The summed E-state index contributed by atoms with van der Waals surface area (Å²) in [5.74, 6) is 0.538. The van der Waals surface area contributed by atoms with Gasteiger partial charge in [-0.1, -0.05) is 18.2 Å². The molecule has 8 heteroatoms. The first-order valence-electron chi connectivity index (χ1n) is 8.12. The second-order valence-electron chi connectivity index (χ2n) is 5.90. The van der Waals surface area contributed by atoms with Crippen LogP contribution in [-0.2, 0) is 17.8 Å². The molecular formula is C18H25Cl2N3O3. The summed E-state index contributed by atoms with van der Waals surface area (Å²) < 4.78 is 10.7. The first-order valence-corrected chi connectivity index (χ1v) is 8.12. The van der Waals surface area contributed by atoms with Crippen LogP contribution in [0.15, 0.2) is 41.0 Å². The maximum absolute atomic E-state index is 12.6. The summed E-state index contributed by atoms with van der Waals surface area (Å²) in [6.07, 6.45) is 1.47. The number of anilines is 1. The Morgan fingerprint density at radius 3 is 2.58 bits per heavy atom. The highest BCUT2D eigenvalue weighted by atomic mass is 35.5. The molecule has 1 aromatic carbocycles. The molecule has 1 fully saturated rings. The van der Waals surface area contributed by atoms with Crippen molar-refractivity contribution in [3.05, 3.63) is 53.5 Å². The van der Waals surface area contributed by atoms with E-state index in [-0.39, 0.29) is 37.3 Å². The summed E-state index contributed by atoms with van der Waals surface area (Å²) in [7, 11) is 1.80. The summed E-state index contributed by atoms with van der Waals surface area (Å²) in [6.45, 7) is 4.04. The zero-order valence-corrected chi connectivity index (χ0v) is 16.4. The quantitative estimate of drug-likeness (QED) is 0.833. The second-order valence-corrected chi connectivity index (χ2v) is 5.90. The zero-order chi connectivity index (χ0) is 16.9. The molecule has 0 aliphatic carbocycles. The Morgan fingerprint density at radius 1 is 1.23 bits per heavy atom. The Morgan fingerprint density at radius 2 is 1.92 bits per heavy atom. The molecule has 2 heterocycles. The van der Waals surface area contributed by atoms with Gasteiger partial charge in [-0.15, -0.1) is 24.8 Å². The minimum Gasteiger partial charge on any atom is -0.467 e. The van der Waals surface area contributed by atoms with Crippen LogP contribution in [0.3, 0.4) is 0 Å². The first-order chi connectivity index (χ1) is 11.7. The van der Waals surface area contributed by atoms with E-state index in [9.17, 15) is 4.79 Å². The molecule has 0 saturated carbocycles. The van der Waals surface area contributed by atoms with Gasteiger partial charge in [-0.2, -0.15) is 0 Å². The van der Waals surface area contributed by atoms with E-state index in [0.29, 0.717) is 17.9 Å². The molecule has 3 rings (SSSR count). The number of ether oxygens (including phenoxy) is 1. The molecule has 144 valence electrons. The number of rotatable bonds is 5. The third-order valence-corrected chi connectivity index (χ3v) is 4.20. The molecule has 1 saturated heterocycles. The highest BCUT2D eigenvalue weighted by Crippen LogP contribution is 2.23. The number of furan rings is 1. The predicted molar refractivity (Wildman–Crippen MR) is 106 cm³/mol. The van der Waals surface area contributed by atoms with Crippen molar-refractivity contribution in [3.8, 4) is 0 Å². The van der Waals surface area contributed by atoms with E-state index >= 15 is 0 Å². The number of para-hydroxylation sites is 1. The second kappa shape index (κ2) is 10.4. The van der Waals surface area contributed by atoms with Gasteiger partial charge in [0.05, 0.1) is 25.3 Å². The highest BCUT2D eigenvalue weighted by Gasteiger charge is 2.19. The van der Waals surface area contributed by atoms with Crippen LogP contribution < -0.4 is 10.6 Å². The third-order valence-electron chi connectivity index (χ3n) is 4.20. The van der Waals surface area contributed by atoms with E-state index in [1.54, 1.807) is 18.0 Å². The van der Waals surface area contributed by atoms with Crippen LogP contribution in [0, 0.1) is 0 Å². The smallest absolute Gasteiger partial charge is 0.257 e. The summed E-state index contributed by atoms with van der Waals surface area (Å²) >= 11 is 0. The van der Waals surface area contributed by atoms with Crippen molar-refractivity contribution in [1.82, 2.24) is 4.90 Å². The van der Waals surface area contributed by atoms with Crippen LogP contribution in [0.4, 0.5) is 5.69 Å². The standard InChI is InChI=1S/C18H23N3O3.2ClH/c1-20(18(22)15-10-16(11-19)24-13-15)12-14-4-2-3-5-17(14)21-6-8-23-9-7-21;;/h2-5,10,13H,6-9,11-12,19H2,1H3;2*1H. The van der Waals surface area contributed by atoms with Gasteiger partial charge < -0.3 is 24.7 Å². The van der Waals surface area contributed by atoms with Gasteiger partial charge in [0.15, 0.2) is 0 Å². The number of hydrogen-bond donors (Lipinski definition) is 1. The lowest BCUT2D eigenvalue weighted by Crippen LogP contribution is -2.37. The minimum absolute atomic E-state index is 0. The van der Waals surface area contributed by atoms with Crippen LogP contribution in [0.25, 0.3) is 0 Å². The lowest BCUT2D eigenvalue weighted by molar-refractivity contribution is 0.0784. The van der Waals surface area contributed by atoms with Crippen molar-refractivity contribution in [2.45, 2.75) is 13.1 Å². The number of nitrogens with zero attached hydrogens (tertiary/aromatic N) is 2. The van der Waals surface area contributed by atoms with E-state index in [1.807, 2.05) is 12.1 Å². The van der Waals surface area contributed by atoms with Gasteiger partial charge in [-0.25, -0.2) is 0 Å². The summed E-state index contributed by atoms with van der Waals surface area (Å²) in [4.78, 5) is 16.6. The minimum atomic E-state index is -0.0739. The normalized spacial score (nSPS) is 13.5. The van der Waals surface area contributed by atoms with Crippen molar-refractivity contribution in [2.75, 3.05) is 38.3 Å². The van der Waals surface area contributed by atoms with Crippen molar-refractivity contribution in [1.29, 1.82) is 0 Å². The van der Waals surface area contributed by atoms with Gasteiger partial charge in [0.1, 0.15) is 12.0 Å². The first kappa shape index (κ1) is 22.3. The maximum atomic E-state index is 12.6. The number of carbonyl (C=O) groups excluding carboxylic acids is 1. The lowest BCUT2D eigenvalue weighted by Gasteiger charge is -2.31. The van der Waals surface area contributed by atoms with Gasteiger partial charge in [0, 0.05) is 32.4 Å². The number of nitrogens with two attached hydrogens (primary N) is 1. The average Bonchev–Trinajstić information content (AvgIpc) is 3.11. The van der Waals surface area contributed by atoms with Gasteiger partial charge in [0.25, 0.3) is 5.91 Å². The van der Waals surface area contributed by atoms with Crippen LogP contribution in [0.1, 0.15) is 21.7 Å². The average molecular weight is 402 g/mol. The van der Waals surface area contributed by atoms with E-state index in [1.165, 1.54) is 6.26 Å². The maximum Gasteiger partial charge on any atom is 0.257 e. The zero-order valence-electron chi connectivity index (χ0n) is 14.7. The van der Waals surface area contributed by atoms with E-state index in [4.69, 9.17) is 14.9 Å². The van der Waals surface area contributed by atoms with Gasteiger partial charge in [-0.3, -0.25) is 4.79 Å². The predicted octanol–water partition coefficient (Wildman–Crippen LogP) is 2.69. The van der Waals surface area contributed by atoms with Gasteiger partial charge in [0.2, 0.25) is 0 Å². The van der Waals surface area contributed by atoms with E-state index in [0.717, 1.165) is 37.6 Å². The Hall–Kier alpha value is -1.73. The van der Waals surface area contributed by atoms with Gasteiger partial charge in [-0.05, 0) is 17.7 Å². The molecular weight excluding hydrogens is 377 g/mol. The van der Waals surface area contributed by atoms with E-state index in [2.05, 4.69) is 17.0 Å². The fourth-order valence-electron chi connectivity index (χ4n) is 2.90. The molecule has 0 radical (unpaired) electrons. The van der Waals surface area contributed by atoms with Crippen molar-refractivity contribution < 1.29 is 13.9 Å². The van der Waals surface area contributed by atoms with Gasteiger partial charge >= 0.3 is 0 Å². The van der Waals surface area contributed by atoms with E-state index < -0.39 is 0 Å². The summed E-state index contributed by atoms with van der Waals surface area (Å²) in [5, 5.41) is 0. The fourth-order valence-corrected chi connectivity index (χ4v) is 2.90. The molecule has 2 N–H and O–H groups in total. The van der Waals surface area contributed by atoms with Crippen LogP contribution in [-0.4, -0.2) is 44.2 Å². The number of carbonyl (C=O) groups is 1. The topological polar surface area (TPSA) is 71.9 Å². The Kier molecular flexibility index (Phi) is 8.95. The molecule has 0 bridgehead atoms. The monoisotopic (exact) mass is 401 g/mol. The Balaban J connectivity index is 0.00000169. The molecule has 6 nitrogen and oxygen atoms in total. The number of amides is 1. The van der Waals surface area contributed by atoms with Crippen LogP contribution >= 0.6 is 24.8 Å². The molecule has 0 atom stereocenters. The number of benzene rings is 1. The van der Waals surface area contributed by atoms with Crippen molar-refractivity contribution in [3.63, 3.8) is 0 Å². The molecule has 1 aliphatic rings. The molecule has 0 spiro atoms. The number of hydrogen-bond acceptors (Lipinski definition) is 5. The number of halogens is 2. The summed E-state index contributed by atoms with van der Waals surface area (Å²) in [5.41, 5.74) is 8.35. The summed E-state index contributed by atoms with van der Waals surface area (Å²) in [6, 6.07) is 9.90. The molecule has 1 aromatic heterocycles. The molecule has 1 aliphatic heterocycles. The van der Waals surface area contributed by atoms with Crippen molar-refractivity contribution in [2.24, 2.45) is 5.73 Å². The lowest BCUT2D eigenvalue weighted by atomic mass is 10.1. The Bertz CT molecular complexity index is 702. The van der Waals surface area contributed by atoms with Crippen LogP contribution in [0.2, 0.25) is 0 Å². The third kappa shape index (κ3) is 5.14.